The fraction of sp³-hybridized carbons (Fsp3) is 0.684. The molecule has 22 heavy (non-hydrogen) atoms. The van der Waals surface area contributed by atoms with E-state index in [1.54, 1.807) is 11.1 Å². The molecule has 3 rings (SSSR count). The molecule has 3 heteroatoms. The summed E-state index contributed by atoms with van der Waals surface area (Å²) in [4.78, 5) is 7.65. The average Bonchev–Trinajstić information content (AvgIpc) is 2.55. The van der Waals surface area contributed by atoms with E-state index in [9.17, 15) is 0 Å². The highest BCUT2D eigenvalue weighted by molar-refractivity contribution is 5.36. The molecule has 1 unspecified atom stereocenters. The maximum atomic E-state index is 2.63. The van der Waals surface area contributed by atoms with Gasteiger partial charge in [0.05, 0.1) is 0 Å². The SMILES string of the molecule is CCC1c2ccc(CN3CCN(C)CC3)cc2CCN1CC. The standard InChI is InChI=1S/C19H31N3/c1-4-19-18-7-6-16(14-17(18)8-9-22(19)5-2)15-21-12-10-20(3)11-13-21/h6-7,14,19H,4-5,8-13,15H2,1-3H3. The van der Waals surface area contributed by atoms with Crippen LogP contribution in [0.15, 0.2) is 18.2 Å². The number of fused-ring (bicyclic) bond motifs is 1. The van der Waals surface area contributed by atoms with Crippen molar-refractivity contribution in [1.29, 1.82) is 0 Å². The lowest BCUT2D eigenvalue weighted by molar-refractivity contribution is 0.148. The molecule has 0 spiro atoms. The van der Waals surface area contributed by atoms with Gasteiger partial charge in [-0.25, -0.2) is 0 Å². The Bertz CT molecular complexity index is 491. The Hall–Kier alpha value is -0.900. The van der Waals surface area contributed by atoms with E-state index >= 15 is 0 Å². The van der Waals surface area contributed by atoms with Crippen LogP contribution in [0.3, 0.4) is 0 Å². The lowest BCUT2D eigenvalue weighted by Crippen LogP contribution is -2.43. The first-order valence-corrected chi connectivity index (χ1v) is 8.98. The average molecular weight is 301 g/mol. The van der Waals surface area contributed by atoms with E-state index in [2.05, 4.69) is 53.8 Å². The number of benzene rings is 1. The van der Waals surface area contributed by atoms with E-state index in [0.29, 0.717) is 6.04 Å². The van der Waals surface area contributed by atoms with E-state index < -0.39 is 0 Å². The summed E-state index contributed by atoms with van der Waals surface area (Å²) in [6.07, 6.45) is 2.44. The summed E-state index contributed by atoms with van der Waals surface area (Å²) in [6, 6.07) is 7.91. The topological polar surface area (TPSA) is 9.72 Å². The molecule has 0 aliphatic carbocycles. The molecule has 0 bridgehead atoms. The summed E-state index contributed by atoms with van der Waals surface area (Å²) < 4.78 is 0. The Kier molecular flexibility index (Phi) is 5.17. The van der Waals surface area contributed by atoms with E-state index in [1.807, 2.05) is 0 Å². The first-order chi connectivity index (χ1) is 10.7. The Labute approximate surface area is 135 Å². The second-order valence-electron chi connectivity index (χ2n) is 6.92. The first-order valence-electron chi connectivity index (χ1n) is 8.98. The van der Waals surface area contributed by atoms with Crippen molar-refractivity contribution in [3.8, 4) is 0 Å². The molecule has 3 nitrogen and oxygen atoms in total. The third-order valence-corrected chi connectivity index (χ3v) is 5.47. The van der Waals surface area contributed by atoms with Gasteiger partial charge in [0.1, 0.15) is 0 Å². The predicted octanol–water partition coefficient (Wildman–Crippen LogP) is 2.76. The van der Waals surface area contributed by atoms with Gasteiger partial charge in [-0.15, -0.1) is 0 Å². The van der Waals surface area contributed by atoms with Crippen molar-refractivity contribution < 1.29 is 0 Å². The molecule has 0 aromatic heterocycles. The number of piperazine rings is 1. The number of hydrogen-bond donors (Lipinski definition) is 0. The first kappa shape index (κ1) is 16.0. The minimum Gasteiger partial charge on any atom is -0.304 e. The van der Waals surface area contributed by atoms with Gasteiger partial charge in [0.25, 0.3) is 0 Å². The van der Waals surface area contributed by atoms with Gasteiger partial charge in [-0.3, -0.25) is 9.80 Å². The van der Waals surface area contributed by atoms with Crippen molar-refractivity contribution in [2.75, 3.05) is 46.3 Å². The van der Waals surface area contributed by atoms with Gasteiger partial charge in [-0.05, 0) is 43.1 Å². The minimum absolute atomic E-state index is 0.631. The van der Waals surface area contributed by atoms with E-state index in [4.69, 9.17) is 0 Å². The van der Waals surface area contributed by atoms with Gasteiger partial charge in [-0.2, -0.15) is 0 Å². The zero-order valence-corrected chi connectivity index (χ0v) is 14.5. The van der Waals surface area contributed by atoms with Crippen LogP contribution in [0.25, 0.3) is 0 Å². The van der Waals surface area contributed by atoms with Crippen LogP contribution < -0.4 is 0 Å². The summed E-state index contributed by atoms with van der Waals surface area (Å²) in [7, 11) is 2.22. The Balaban J connectivity index is 1.71. The maximum Gasteiger partial charge on any atom is 0.0348 e. The molecule has 0 saturated carbocycles. The monoisotopic (exact) mass is 301 g/mol. The Morgan fingerprint density at radius 3 is 2.50 bits per heavy atom. The van der Waals surface area contributed by atoms with Crippen LogP contribution in [0.4, 0.5) is 0 Å². The van der Waals surface area contributed by atoms with E-state index in [-0.39, 0.29) is 0 Å². The molecule has 1 aromatic rings. The van der Waals surface area contributed by atoms with Crippen LogP contribution >= 0.6 is 0 Å². The van der Waals surface area contributed by atoms with Crippen LogP contribution in [0.1, 0.15) is 43.0 Å². The normalized spacial score (nSPS) is 24.4. The van der Waals surface area contributed by atoms with Gasteiger partial charge in [0.2, 0.25) is 0 Å². The highest BCUT2D eigenvalue weighted by atomic mass is 15.2. The molecule has 1 aromatic carbocycles. The Morgan fingerprint density at radius 2 is 1.82 bits per heavy atom. The number of rotatable bonds is 4. The number of likely N-dealkylation sites (N-methyl/N-ethyl adjacent to an activating group) is 2. The minimum atomic E-state index is 0.631. The summed E-state index contributed by atoms with van der Waals surface area (Å²) >= 11 is 0. The number of hydrogen-bond acceptors (Lipinski definition) is 3. The van der Waals surface area contributed by atoms with Crippen LogP contribution in [0.5, 0.6) is 0 Å². The lowest BCUT2D eigenvalue weighted by atomic mass is 9.89. The van der Waals surface area contributed by atoms with E-state index in [0.717, 1.165) is 6.54 Å². The zero-order chi connectivity index (χ0) is 15.5. The summed E-state index contributed by atoms with van der Waals surface area (Å²) in [5.41, 5.74) is 4.68. The highest BCUT2D eigenvalue weighted by Crippen LogP contribution is 2.32. The number of nitrogens with zero attached hydrogens (tertiary/aromatic N) is 3. The predicted molar refractivity (Wildman–Crippen MR) is 93.2 cm³/mol. The van der Waals surface area contributed by atoms with Crippen LogP contribution in [-0.4, -0.2) is 61.0 Å². The lowest BCUT2D eigenvalue weighted by Gasteiger charge is -2.37. The molecule has 0 radical (unpaired) electrons. The fourth-order valence-corrected chi connectivity index (χ4v) is 4.04. The molecule has 122 valence electrons. The van der Waals surface area contributed by atoms with Crippen LogP contribution in [0, 0.1) is 0 Å². The largest absolute Gasteiger partial charge is 0.304 e. The molecule has 2 heterocycles. The fourth-order valence-electron chi connectivity index (χ4n) is 4.04. The second-order valence-corrected chi connectivity index (χ2v) is 6.92. The summed E-state index contributed by atoms with van der Waals surface area (Å²) in [6.45, 7) is 12.9. The molecule has 1 fully saturated rings. The van der Waals surface area contributed by atoms with Crippen molar-refractivity contribution in [3.05, 3.63) is 34.9 Å². The van der Waals surface area contributed by atoms with Gasteiger partial charge < -0.3 is 4.90 Å². The van der Waals surface area contributed by atoms with Gasteiger partial charge in [0, 0.05) is 45.3 Å². The smallest absolute Gasteiger partial charge is 0.0348 e. The molecule has 1 atom stereocenters. The molecule has 2 aliphatic rings. The van der Waals surface area contributed by atoms with E-state index in [1.165, 1.54) is 57.7 Å². The molecule has 0 amide bonds. The maximum absolute atomic E-state index is 2.63. The second kappa shape index (κ2) is 7.12. The van der Waals surface area contributed by atoms with Crippen molar-refractivity contribution in [2.45, 2.75) is 39.3 Å². The van der Waals surface area contributed by atoms with Crippen molar-refractivity contribution in [1.82, 2.24) is 14.7 Å². The summed E-state index contributed by atoms with van der Waals surface area (Å²) in [5.74, 6) is 0. The molecule has 1 saturated heterocycles. The van der Waals surface area contributed by atoms with Crippen molar-refractivity contribution in [3.63, 3.8) is 0 Å². The Morgan fingerprint density at radius 1 is 1.05 bits per heavy atom. The third-order valence-electron chi connectivity index (χ3n) is 5.47. The molecular weight excluding hydrogens is 270 g/mol. The quantitative estimate of drug-likeness (QED) is 0.847. The van der Waals surface area contributed by atoms with Gasteiger partial charge in [-0.1, -0.05) is 32.0 Å². The zero-order valence-electron chi connectivity index (χ0n) is 14.5. The van der Waals surface area contributed by atoms with Crippen molar-refractivity contribution in [2.24, 2.45) is 0 Å². The van der Waals surface area contributed by atoms with Gasteiger partial charge in [0.15, 0.2) is 0 Å². The molecule has 2 aliphatic heterocycles. The van der Waals surface area contributed by atoms with Crippen molar-refractivity contribution >= 4 is 0 Å². The summed E-state index contributed by atoms with van der Waals surface area (Å²) in [5, 5.41) is 0. The van der Waals surface area contributed by atoms with Gasteiger partial charge >= 0.3 is 0 Å². The molecular formula is C19H31N3. The van der Waals surface area contributed by atoms with Crippen LogP contribution in [0.2, 0.25) is 0 Å². The van der Waals surface area contributed by atoms with Crippen LogP contribution in [-0.2, 0) is 13.0 Å². The third kappa shape index (κ3) is 3.37. The molecule has 0 N–H and O–H groups in total. The highest BCUT2D eigenvalue weighted by Gasteiger charge is 2.25.